The van der Waals surface area contributed by atoms with Crippen molar-refractivity contribution < 1.29 is 4.79 Å². The summed E-state index contributed by atoms with van der Waals surface area (Å²) in [5, 5.41) is 1.04. The van der Waals surface area contributed by atoms with Crippen molar-refractivity contribution in [1.82, 2.24) is 14.5 Å². The molecule has 0 spiro atoms. The van der Waals surface area contributed by atoms with Gasteiger partial charge in [0, 0.05) is 28.1 Å². The highest BCUT2D eigenvalue weighted by Crippen LogP contribution is 2.24. The minimum Gasteiger partial charge on any atom is -0.329 e. The molecule has 146 valence electrons. The van der Waals surface area contributed by atoms with Gasteiger partial charge in [0.05, 0.1) is 16.9 Å². The largest absolute Gasteiger partial charge is 0.329 e. The summed E-state index contributed by atoms with van der Waals surface area (Å²) in [5.41, 5.74) is 0.990. The maximum absolute atomic E-state index is 13.1. The van der Waals surface area contributed by atoms with Crippen molar-refractivity contribution in [1.29, 1.82) is 0 Å². The van der Waals surface area contributed by atoms with Crippen LogP contribution >= 0.6 is 27.5 Å². The zero-order valence-corrected chi connectivity index (χ0v) is 18.3. The van der Waals surface area contributed by atoms with Crippen molar-refractivity contribution in [3.8, 4) is 0 Å². The summed E-state index contributed by atoms with van der Waals surface area (Å²) in [6.07, 6.45) is 0. The quantitative estimate of drug-likeness (QED) is 0.533. The van der Waals surface area contributed by atoms with Crippen molar-refractivity contribution >= 4 is 44.3 Å². The molecule has 1 unspecified atom stereocenters. The first-order chi connectivity index (χ1) is 13.4. The van der Waals surface area contributed by atoms with E-state index in [1.54, 1.807) is 39.8 Å². The smallest absolute Gasteiger partial charge is 0.261 e. The number of amides is 1. The van der Waals surface area contributed by atoms with Crippen LogP contribution in [0, 0.1) is 0 Å². The van der Waals surface area contributed by atoms with Gasteiger partial charge in [-0.2, -0.15) is 0 Å². The number of aromatic nitrogens is 2. The van der Waals surface area contributed by atoms with Crippen LogP contribution in [0.25, 0.3) is 10.9 Å². The van der Waals surface area contributed by atoms with E-state index in [1.807, 2.05) is 32.9 Å². The van der Waals surface area contributed by atoms with Gasteiger partial charge < -0.3 is 4.90 Å². The molecule has 2 aromatic carbocycles. The molecule has 28 heavy (non-hydrogen) atoms. The third-order valence-electron chi connectivity index (χ3n) is 4.78. The number of fused-ring (bicyclic) bond motifs is 1. The van der Waals surface area contributed by atoms with Gasteiger partial charge in [-0.25, -0.2) is 4.98 Å². The third kappa shape index (κ3) is 3.84. The summed E-state index contributed by atoms with van der Waals surface area (Å²) in [6, 6.07) is 12.0. The number of hydrogen-bond acceptors (Lipinski definition) is 3. The van der Waals surface area contributed by atoms with Gasteiger partial charge in [-0.05, 0) is 57.2 Å². The topological polar surface area (TPSA) is 55.2 Å². The molecule has 0 radical (unpaired) electrons. The van der Waals surface area contributed by atoms with Crippen LogP contribution in [0.5, 0.6) is 0 Å². The van der Waals surface area contributed by atoms with Crippen LogP contribution < -0.4 is 5.56 Å². The van der Waals surface area contributed by atoms with E-state index >= 15 is 0 Å². The van der Waals surface area contributed by atoms with E-state index in [2.05, 4.69) is 15.9 Å². The van der Waals surface area contributed by atoms with Crippen molar-refractivity contribution in [3.63, 3.8) is 0 Å². The molecule has 1 amide bonds. The fraction of sp³-hybridized carbons (Fsp3) is 0.286. The lowest BCUT2D eigenvalue weighted by molar-refractivity contribution is 0.0691. The van der Waals surface area contributed by atoms with E-state index in [1.165, 1.54) is 0 Å². The highest BCUT2D eigenvalue weighted by atomic mass is 79.9. The lowest BCUT2D eigenvalue weighted by Crippen LogP contribution is -2.37. The fourth-order valence-corrected chi connectivity index (χ4v) is 3.92. The number of benzene rings is 2. The molecule has 0 fully saturated rings. The van der Waals surface area contributed by atoms with E-state index in [9.17, 15) is 9.59 Å². The standard InChI is InChI=1S/C21H21BrClN3O2/c1-4-25(20(27)14-7-6-8-15(22)11-14)13(3)19-24-18-12-16(23)9-10-17(18)21(28)26(19)5-2/h6-13H,4-5H2,1-3H3. The van der Waals surface area contributed by atoms with Crippen LogP contribution in [0.4, 0.5) is 0 Å². The number of hydrogen-bond donors (Lipinski definition) is 0. The monoisotopic (exact) mass is 461 g/mol. The van der Waals surface area contributed by atoms with E-state index < -0.39 is 0 Å². The summed E-state index contributed by atoms with van der Waals surface area (Å²) in [6.45, 7) is 6.66. The van der Waals surface area contributed by atoms with Crippen molar-refractivity contribution in [2.24, 2.45) is 0 Å². The van der Waals surface area contributed by atoms with Crippen LogP contribution in [0.3, 0.4) is 0 Å². The Labute approximate surface area is 177 Å². The first kappa shape index (κ1) is 20.6. The van der Waals surface area contributed by atoms with E-state index in [4.69, 9.17) is 16.6 Å². The zero-order valence-electron chi connectivity index (χ0n) is 15.9. The Bertz CT molecular complexity index is 1100. The highest BCUT2D eigenvalue weighted by molar-refractivity contribution is 9.10. The van der Waals surface area contributed by atoms with Gasteiger partial charge in [0.2, 0.25) is 0 Å². The van der Waals surface area contributed by atoms with Gasteiger partial charge in [-0.15, -0.1) is 0 Å². The Morgan fingerprint density at radius 2 is 2.00 bits per heavy atom. The van der Waals surface area contributed by atoms with Crippen molar-refractivity contribution in [2.45, 2.75) is 33.4 Å². The summed E-state index contributed by atoms with van der Waals surface area (Å²) < 4.78 is 2.46. The van der Waals surface area contributed by atoms with Gasteiger partial charge in [-0.3, -0.25) is 14.2 Å². The number of carbonyl (C=O) groups is 1. The minimum atomic E-state index is -0.382. The second-order valence-electron chi connectivity index (χ2n) is 6.46. The molecule has 7 heteroatoms. The van der Waals surface area contributed by atoms with Gasteiger partial charge in [-0.1, -0.05) is 33.6 Å². The van der Waals surface area contributed by atoms with Crippen molar-refractivity contribution in [3.05, 3.63) is 73.7 Å². The predicted molar refractivity (Wildman–Crippen MR) is 116 cm³/mol. The molecule has 0 saturated heterocycles. The molecule has 1 heterocycles. The normalized spacial score (nSPS) is 12.2. The molecule has 0 aliphatic carbocycles. The van der Waals surface area contributed by atoms with E-state index in [0.717, 1.165) is 4.47 Å². The molecule has 5 nitrogen and oxygen atoms in total. The zero-order chi connectivity index (χ0) is 20.4. The van der Waals surface area contributed by atoms with Crippen LogP contribution in [0.15, 0.2) is 51.7 Å². The molecule has 0 aliphatic heterocycles. The average Bonchev–Trinajstić information content (AvgIpc) is 2.68. The Morgan fingerprint density at radius 1 is 1.25 bits per heavy atom. The summed E-state index contributed by atoms with van der Waals surface area (Å²) in [5.74, 6) is 0.437. The molecule has 0 aliphatic rings. The van der Waals surface area contributed by atoms with E-state index in [0.29, 0.717) is 40.4 Å². The predicted octanol–water partition coefficient (Wildman–Crippen LogP) is 5.06. The second kappa shape index (κ2) is 8.45. The number of rotatable bonds is 5. The molecule has 3 rings (SSSR count). The Kier molecular flexibility index (Phi) is 6.20. The lowest BCUT2D eigenvalue weighted by Gasteiger charge is -2.29. The fourth-order valence-electron chi connectivity index (χ4n) is 3.36. The second-order valence-corrected chi connectivity index (χ2v) is 7.81. The maximum Gasteiger partial charge on any atom is 0.261 e. The first-order valence-corrected chi connectivity index (χ1v) is 10.3. The van der Waals surface area contributed by atoms with Gasteiger partial charge in [0.25, 0.3) is 11.5 Å². The van der Waals surface area contributed by atoms with E-state index in [-0.39, 0.29) is 17.5 Å². The Balaban J connectivity index is 2.11. The molecule has 1 atom stereocenters. The molecule has 0 bridgehead atoms. The van der Waals surface area contributed by atoms with Gasteiger partial charge in [0.15, 0.2) is 0 Å². The van der Waals surface area contributed by atoms with Crippen molar-refractivity contribution in [2.75, 3.05) is 6.54 Å². The average molecular weight is 463 g/mol. The summed E-state index contributed by atoms with van der Waals surface area (Å²) in [7, 11) is 0. The number of halogens is 2. The van der Waals surface area contributed by atoms with Gasteiger partial charge in [0.1, 0.15) is 5.82 Å². The number of carbonyl (C=O) groups excluding carboxylic acids is 1. The van der Waals surface area contributed by atoms with Crippen LogP contribution in [-0.4, -0.2) is 26.9 Å². The van der Waals surface area contributed by atoms with Crippen LogP contribution in [-0.2, 0) is 6.54 Å². The Morgan fingerprint density at radius 3 is 2.64 bits per heavy atom. The van der Waals surface area contributed by atoms with Crippen LogP contribution in [0.2, 0.25) is 5.02 Å². The number of nitrogens with zero attached hydrogens (tertiary/aromatic N) is 3. The van der Waals surface area contributed by atoms with Crippen LogP contribution in [0.1, 0.15) is 43.0 Å². The summed E-state index contributed by atoms with van der Waals surface area (Å²) >= 11 is 9.50. The maximum atomic E-state index is 13.1. The third-order valence-corrected chi connectivity index (χ3v) is 5.51. The first-order valence-electron chi connectivity index (χ1n) is 9.13. The van der Waals surface area contributed by atoms with Gasteiger partial charge >= 0.3 is 0 Å². The lowest BCUT2D eigenvalue weighted by atomic mass is 10.1. The molecule has 3 aromatic rings. The minimum absolute atomic E-state index is 0.112. The molecule has 0 N–H and O–H groups in total. The molecule has 1 aromatic heterocycles. The molecular weight excluding hydrogens is 442 g/mol. The molecule has 0 saturated carbocycles. The molecular formula is C21H21BrClN3O2. The summed E-state index contributed by atoms with van der Waals surface area (Å²) in [4.78, 5) is 32.5. The SMILES string of the molecule is CCN(C(=O)c1cccc(Br)c1)C(C)c1nc2cc(Cl)ccc2c(=O)n1CC. The highest BCUT2D eigenvalue weighted by Gasteiger charge is 2.25. The Hall–Kier alpha value is -2.18.